The third-order valence-electron chi connectivity index (χ3n) is 6.26. The number of imidazole rings is 1. The number of hydrogen-bond donors (Lipinski definition) is 0. The van der Waals surface area contributed by atoms with Crippen LogP contribution in [0, 0.1) is 5.92 Å². The van der Waals surface area contributed by atoms with E-state index in [0.717, 1.165) is 17.7 Å². The van der Waals surface area contributed by atoms with Crippen molar-refractivity contribution in [3.63, 3.8) is 0 Å². The molecule has 0 fully saturated rings. The molecule has 0 saturated carbocycles. The number of hydrogen-bond acceptors (Lipinski definition) is 3. The van der Waals surface area contributed by atoms with Crippen molar-refractivity contribution in [2.45, 2.75) is 59.3 Å². The van der Waals surface area contributed by atoms with Crippen LogP contribution in [0.3, 0.4) is 0 Å². The van der Waals surface area contributed by atoms with E-state index in [1.54, 1.807) is 6.07 Å². The maximum absolute atomic E-state index is 13.5. The Morgan fingerprint density at radius 1 is 0.972 bits per heavy atom. The quantitative estimate of drug-likeness (QED) is 0.334. The van der Waals surface area contributed by atoms with Crippen LogP contribution < -0.4 is 11.2 Å². The van der Waals surface area contributed by atoms with E-state index in [9.17, 15) is 22.8 Å². The van der Waals surface area contributed by atoms with Crippen LogP contribution in [0.1, 0.15) is 56.7 Å². The monoisotopic (exact) mass is 498 g/mol. The largest absolute Gasteiger partial charge is 0.416 e. The molecule has 9 heteroatoms. The van der Waals surface area contributed by atoms with Crippen molar-refractivity contribution in [3.05, 3.63) is 92.4 Å². The summed E-state index contributed by atoms with van der Waals surface area (Å²) in [6, 6.07) is 12.5. The minimum atomic E-state index is -4.47. The van der Waals surface area contributed by atoms with Crippen LogP contribution in [0.2, 0.25) is 0 Å². The van der Waals surface area contributed by atoms with Gasteiger partial charge in [-0.3, -0.25) is 9.36 Å². The lowest BCUT2D eigenvalue weighted by Gasteiger charge is -2.15. The lowest BCUT2D eigenvalue weighted by molar-refractivity contribution is -0.137. The molecule has 6 nitrogen and oxygen atoms in total. The molecule has 2 aromatic heterocycles. The number of alkyl halides is 3. The molecule has 0 N–H and O–H groups in total. The van der Waals surface area contributed by atoms with E-state index in [1.165, 1.54) is 26.1 Å². The Morgan fingerprint density at radius 2 is 1.67 bits per heavy atom. The summed E-state index contributed by atoms with van der Waals surface area (Å²) in [6.45, 7) is 8.38. The highest BCUT2D eigenvalue weighted by Gasteiger charge is 2.30. The van der Waals surface area contributed by atoms with Crippen molar-refractivity contribution in [1.82, 2.24) is 18.7 Å². The van der Waals surface area contributed by atoms with Gasteiger partial charge in [0.25, 0.3) is 5.56 Å². The molecule has 190 valence electrons. The van der Waals surface area contributed by atoms with E-state index in [2.05, 4.69) is 18.8 Å². The predicted molar refractivity (Wildman–Crippen MR) is 134 cm³/mol. The first kappa shape index (κ1) is 25.5. The Hall–Kier alpha value is -3.62. The summed E-state index contributed by atoms with van der Waals surface area (Å²) >= 11 is 0. The van der Waals surface area contributed by atoms with Gasteiger partial charge in [0, 0.05) is 13.1 Å². The molecule has 2 aromatic carbocycles. The standard InChI is InChI=1S/C27H29F3N4O2/c1-17(2)12-13-33-25(35)23-24(34(26(33)36)22-10-8-20(9-11-22)18(3)4)31-16-32(23)15-19-6-5-7-21(14-19)27(28,29)30/h5-11,14,16-18H,12-13,15H2,1-4H3. The number of aromatic nitrogens is 4. The Kier molecular flexibility index (Phi) is 6.93. The van der Waals surface area contributed by atoms with E-state index in [4.69, 9.17) is 0 Å². The molecule has 0 spiro atoms. The number of fused-ring (bicyclic) bond motifs is 1. The summed E-state index contributed by atoms with van der Waals surface area (Å²) in [5.41, 5.74) is 0.629. The van der Waals surface area contributed by atoms with Crippen molar-refractivity contribution in [3.8, 4) is 5.69 Å². The molecule has 0 aliphatic heterocycles. The minimum Gasteiger partial charge on any atom is -0.320 e. The van der Waals surface area contributed by atoms with Crippen LogP contribution >= 0.6 is 0 Å². The number of benzene rings is 2. The van der Waals surface area contributed by atoms with Gasteiger partial charge in [0.2, 0.25) is 0 Å². The van der Waals surface area contributed by atoms with Crippen LogP contribution in [-0.4, -0.2) is 18.7 Å². The van der Waals surface area contributed by atoms with Crippen molar-refractivity contribution in [2.75, 3.05) is 0 Å². The van der Waals surface area contributed by atoms with E-state index < -0.39 is 23.0 Å². The van der Waals surface area contributed by atoms with Gasteiger partial charge >= 0.3 is 11.9 Å². The summed E-state index contributed by atoms with van der Waals surface area (Å²) < 4.78 is 43.8. The molecule has 0 radical (unpaired) electrons. The predicted octanol–water partition coefficient (Wildman–Crippen LogP) is 5.59. The zero-order chi connectivity index (χ0) is 26.2. The first-order valence-corrected chi connectivity index (χ1v) is 11.9. The Labute approximate surface area is 206 Å². The second-order valence-corrected chi connectivity index (χ2v) is 9.75. The van der Waals surface area contributed by atoms with E-state index in [-0.39, 0.29) is 30.2 Å². The van der Waals surface area contributed by atoms with Crippen molar-refractivity contribution in [2.24, 2.45) is 5.92 Å². The molecule has 0 bridgehead atoms. The summed E-state index contributed by atoms with van der Waals surface area (Å²) in [6.07, 6.45) is -2.45. The Bertz CT molecular complexity index is 1490. The first-order valence-electron chi connectivity index (χ1n) is 11.9. The Balaban J connectivity index is 1.90. The molecule has 36 heavy (non-hydrogen) atoms. The SMILES string of the molecule is CC(C)CCn1c(=O)c2c(ncn2Cc2cccc(C(F)(F)F)c2)n(-c2ccc(C(C)C)cc2)c1=O. The van der Waals surface area contributed by atoms with Gasteiger partial charge < -0.3 is 4.57 Å². The van der Waals surface area contributed by atoms with Crippen LogP contribution in [0.5, 0.6) is 0 Å². The van der Waals surface area contributed by atoms with Gasteiger partial charge in [0.15, 0.2) is 11.2 Å². The van der Waals surface area contributed by atoms with Crippen LogP contribution in [0.4, 0.5) is 13.2 Å². The number of halogens is 3. The van der Waals surface area contributed by atoms with Gasteiger partial charge in [0.1, 0.15) is 0 Å². The van der Waals surface area contributed by atoms with Crippen LogP contribution in [0.15, 0.2) is 64.4 Å². The fraction of sp³-hybridized carbons (Fsp3) is 0.370. The molecule has 4 rings (SSSR count). The van der Waals surface area contributed by atoms with Gasteiger partial charge in [-0.2, -0.15) is 13.2 Å². The lowest BCUT2D eigenvalue weighted by atomic mass is 10.0. The third-order valence-corrected chi connectivity index (χ3v) is 6.26. The van der Waals surface area contributed by atoms with Gasteiger partial charge in [-0.15, -0.1) is 0 Å². The number of rotatable bonds is 7. The molecule has 2 heterocycles. The molecule has 0 unspecified atom stereocenters. The fourth-order valence-electron chi connectivity index (χ4n) is 4.17. The molecule has 0 saturated heterocycles. The molecular formula is C27H29F3N4O2. The highest BCUT2D eigenvalue weighted by molar-refractivity contribution is 5.72. The van der Waals surface area contributed by atoms with Crippen molar-refractivity contribution < 1.29 is 13.2 Å². The molecule has 4 aromatic rings. The summed E-state index contributed by atoms with van der Waals surface area (Å²) in [4.78, 5) is 31.4. The van der Waals surface area contributed by atoms with Crippen molar-refractivity contribution >= 4 is 11.2 Å². The smallest absolute Gasteiger partial charge is 0.320 e. The van der Waals surface area contributed by atoms with Gasteiger partial charge in [-0.05, 0) is 53.6 Å². The summed E-state index contributed by atoms with van der Waals surface area (Å²) in [5.74, 6) is 0.572. The van der Waals surface area contributed by atoms with Crippen molar-refractivity contribution in [1.29, 1.82) is 0 Å². The molecule has 0 aliphatic rings. The highest BCUT2D eigenvalue weighted by atomic mass is 19.4. The van der Waals surface area contributed by atoms with E-state index in [1.807, 2.05) is 38.1 Å². The number of nitrogens with zero attached hydrogens (tertiary/aromatic N) is 4. The second kappa shape index (κ2) is 9.79. The average Bonchev–Trinajstić information content (AvgIpc) is 3.22. The summed E-state index contributed by atoms with van der Waals surface area (Å²) in [7, 11) is 0. The fourth-order valence-corrected chi connectivity index (χ4v) is 4.17. The summed E-state index contributed by atoms with van der Waals surface area (Å²) in [5, 5.41) is 0. The minimum absolute atomic E-state index is 0.00430. The zero-order valence-corrected chi connectivity index (χ0v) is 20.7. The maximum Gasteiger partial charge on any atom is 0.416 e. The second-order valence-electron chi connectivity index (χ2n) is 9.75. The van der Waals surface area contributed by atoms with Gasteiger partial charge in [-0.25, -0.2) is 14.3 Å². The topological polar surface area (TPSA) is 61.8 Å². The van der Waals surface area contributed by atoms with E-state index >= 15 is 0 Å². The third kappa shape index (κ3) is 5.01. The average molecular weight is 499 g/mol. The Morgan fingerprint density at radius 3 is 2.28 bits per heavy atom. The molecule has 0 amide bonds. The highest BCUT2D eigenvalue weighted by Crippen LogP contribution is 2.30. The van der Waals surface area contributed by atoms with Gasteiger partial charge in [-0.1, -0.05) is 52.0 Å². The van der Waals surface area contributed by atoms with E-state index in [0.29, 0.717) is 23.6 Å². The van der Waals surface area contributed by atoms with Gasteiger partial charge in [0.05, 0.1) is 17.6 Å². The maximum atomic E-state index is 13.5. The first-order chi connectivity index (χ1) is 17.0. The zero-order valence-electron chi connectivity index (χ0n) is 20.7. The molecular weight excluding hydrogens is 469 g/mol. The van der Waals surface area contributed by atoms with Crippen LogP contribution in [0.25, 0.3) is 16.9 Å². The van der Waals surface area contributed by atoms with Crippen LogP contribution in [-0.2, 0) is 19.3 Å². The molecule has 0 atom stereocenters. The lowest BCUT2D eigenvalue weighted by Crippen LogP contribution is -2.40. The molecule has 0 aliphatic carbocycles. The normalized spacial score (nSPS) is 12.2.